The Morgan fingerprint density at radius 3 is 2.05 bits per heavy atom. The van der Waals surface area contributed by atoms with Crippen LogP contribution >= 0.6 is 0 Å². The number of hydrogen-bond acceptors (Lipinski definition) is 2. The molecule has 98 valence electrons. The molecule has 0 aromatic heterocycles. The van der Waals surface area contributed by atoms with E-state index in [1.165, 1.54) is 0 Å². The number of Topliss-reactive ketones (excluding diaryl/α,β-unsaturated/α-hetero) is 1. The molecule has 2 aromatic carbocycles. The molecule has 0 radical (unpaired) electrons. The summed E-state index contributed by atoms with van der Waals surface area (Å²) in [6.45, 7) is 0. The fourth-order valence-electron chi connectivity index (χ4n) is 2.77. The van der Waals surface area contributed by atoms with Crippen LogP contribution in [-0.4, -0.2) is 5.78 Å². The zero-order valence-electron chi connectivity index (χ0n) is 11.1. The van der Waals surface area contributed by atoms with E-state index < -0.39 is 11.3 Å². The number of carbonyl (C=O) groups excluding carboxylic acids is 1. The Hall–Kier alpha value is -2.40. The van der Waals surface area contributed by atoms with E-state index in [4.69, 9.17) is 0 Å². The van der Waals surface area contributed by atoms with Crippen molar-refractivity contribution in [3.63, 3.8) is 0 Å². The van der Waals surface area contributed by atoms with E-state index in [2.05, 4.69) is 6.07 Å². The van der Waals surface area contributed by atoms with Gasteiger partial charge in [0.05, 0.1) is 11.5 Å². The van der Waals surface area contributed by atoms with Crippen molar-refractivity contribution in [2.24, 2.45) is 0 Å². The van der Waals surface area contributed by atoms with Crippen LogP contribution in [0.15, 0.2) is 60.7 Å². The first-order chi connectivity index (χ1) is 9.78. The van der Waals surface area contributed by atoms with Crippen molar-refractivity contribution in [2.75, 3.05) is 0 Å². The van der Waals surface area contributed by atoms with Crippen molar-refractivity contribution >= 4 is 5.78 Å². The van der Waals surface area contributed by atoms with E-state index in [1.54, 1.807) is 0 Å². The monoisotopic (exact) mass is 261 g/mol. The lowest BCUT2D eigenvalue weighted by atomic mass is 9.82. The third-order valence-corrected chi connectivity index (χ3v) is 4.07. The van der Waals surface area contributed by atoms with Crippen LogP contribution < -0.4 is 0 Å². The van der Waals surface area contributed by atoms with Crippen molar-refractivity contribution in [3.05, 3.63) is 71.8 Å². The fraction of sp³-hybridized carbons (Fsp3) is 0.222. The van der Waals surface area contributed by atoms with Gasteiger partial charge in [-0.1, -0.05) is 60.7 Å². The number of benzene rings is 2. The van der Waals surface area contributed by atoms with Crippen LogP contribution in [-0.2, 0) is 10.2 Å². The van der Waals surface area contributed by atoms with E-state index in [0.29, 0.717) is 0 Å². The molecular formula is C18H15NO. The van der Waals surface area contributed by atoms with Crippen molar-refractivity contribution in [3.8, 4) is 6.07 Å². The number of carbonyl (C=O) groups is 1. The first-order valence-electron chi connectivity index (χ1n) is 6.82. The molecule has 1 unspecified atom stereocenters. The number of nitriles is 1. The van der Waals surface area contributed by atoms with E-state index in [1.807, 2.05) is 60.7 Å². The van der Waals surface area contributed by atoms with Gasteiger partial charge < -0.3 is 0 Å². The second-order valence-corrected chi connectivity index (χ2v) is 5.29. The Bertz CT molecular complexity index is 651. The van der Waals surface area contributed by atoms with Crippen LogP contribution in [0.25, 0.3) is 0 Å². The van der Waals surface area contributed by atoms with Gasteiger partial charge in [-0.25, -0.2) is 0 Å². The van der Waals surface area contributed by atoms with Gasteiger partial charge in [-0.15, -0.1) is 0 Å². The largest absolute Gasteiger partial charge is 0.297 e. The van der Waals surface area contributed by atoms with Crippen LogP contribution in [0, 0.1) is 11.3 Å². The van der Waals surface area contributed by atoms with Crippen molar-refractivity contribution in [1.82, 2.24) is 0 Å². The second kappa shape index (κ2) is 4.94. The minimum atomic E-state index is -0.668. The molecule has 2 aromatic rings. The highest BCUT2D eigenvalue weighted by molar-refractivity contribution is 5.99. The van der Waals surface area contributed by atoms with Crippen LogP contribution in [0.3, 0.4) is 0 Å². The van der Waals surface area contributed by atoms with Gasteiger partial charge in [0.2, 0.25) is 0 Å². The molecular weight excluding hydrogens is 246 g/mol. The highest BCUT2D eigenvalue weighted by atomic mass is 16.1. The molecule has 1 saturated carbocycles. The van der Waals surface area contributed by atoms with Crippen molar-refractivity contribution < 1.29 is 4.79 Å². The number of hydrogen-bond donors (Lipinski definition) is 0. The summed E-state index contributed by atoms with van der Waals surface area (Å²) in [4.78, 5) is 12.8. The smallest absolute Gasteiger partial charge is 0.164 e. The van der Waals surface area contributed by atoms with Gasteiger partial charge in [0.25, 0.3) is 0 Å². The highest BCUT2D eigenvalue weighted by Gasteiger charge is 2.53. The molecule has 20 heavy (non-hydrogen) atoms. The highest BCUT2D eigenvalue weighted by Crippen LogP contribution is 2.51. The van der Waals surface area contributed by atoms with E-state index in [0.717, 1.165) is 24.0 Å². The van der Waals surface area contributed by atoms with E-state index >= 15 is 0 Å². The molecule has 0 heterocycles. The van der Waals surface area contributed by atoms with Crippen LogP contribution in [0.2, 0.25) is 0 Å². The molecule has 0 bridgehead atoms. The molecule has 1 fully saturated rings. The summed E-state index contributed by atoms with van der Waals surface area (Å²) >= 11 is 0. The summed E-state index contributed by atoms with van der Waals surface area (Å²) in [6, 6.07) is 21.4. The quantitative estimate of drug-likeness (QED) is 0.843. The maximum atomic E-state index is 12.8. The summed E-state index contributed by atoms with van der Waals surface area (Å²) in [5.74, 6) is -0.628. The predicted octanol–water partition coefficient (Wildman–Crippen LogP) is 3.59. The zero-order chi connectivity index (χ0) is 14.0. The molecule has 2 heteroatoms. The SMILES string of the molecule is N#CC(C(=O)C1(c2ccccc2)CC1)c1ccccc1. The Labute approximate surface area is 118 Å². The van der Waals surface area contributed by atoms with Gasteiger partial charge >= 0.3 is 0 Å². The maximum Gasteiger partial charge on any atom is 0.164 e. The molecule has 0 saturated heterocycles. The van der Waals surface area contributed by atoms with Gasteiger partial charge in [-0.05, 0) is 24.0 Å². The number of nitrogens with zero attached hydrogens (tertiary/aromatic N) is 1. The van der Waals surface area contributed by atoms with Gasteiger partial charge in [-0.2, -0.15) is 5.26 Å². The summed E-state index contributed by atoms with van der Waals surface area (Å²) < 4.78 is 0. The molecule has 0 aliphatic heterocycles. The van der Waals surface area contributed by atoms with Gasteiger partial charge in [-0.3, -0.25) is 4.79 Å². The summed E-state index contributed by atoms with van der Waals surface area (Å²) in [5, 5.41) is 9.42. The van der Waals surface area contributed by atoms with Crippen LogP contribution in [0.5, 0.6) is 0 Å². The second-order valence-electron chi connectivity index (χ2n) is 5.29. The summed E-state index contributed by atoms with van der Waals surface area (Å²) in [6.07, 6.45) is 1.70. The molecule has 2 nitrogen and oxygen atoms in total. The molecule has 0 spiro atoms. The lowest BCUT2D eigenvalue weighted by Gasteiger charge is -2.18. The Morgan fingerprint density at radius 1 is 1.00 bits per heavy atom. The number of rotatable bonds is 4. The summed E-state index contributed by atoms with van der Waals surface area (Å²) in [7, 11) is 0. The summed E-state index contributed by atoms with van der Waals surface area (Å²) in [5.41, 5.74) is 1.40. The van der Waals surface area contributed by atoms with Crippen molar-refractivity contribution in [1.29, 1.82) is 5.26 Å². The van der Waals surface area contributed by atoms with Crippen LogP contribution in [0.4, 0.5) is 0 Å². The first kappa shape index (κ1) is 12.6. The standard InChI is InChI=1S/C18H15NO/c19-13-16(14-7-3-1-4-8-14)17(20)18(11-12-18)15-9-5-2-6-10-15/h1-10,16H,11-12H2. The van der Waals surface area contributed by atoms with Gasteiger partial charge in [0, 0.05) is 0 Å². The molecule has 1 aliphatic carbocycles. The minimum absolute atomic E-state index is 0.0393. The maximum absolute atomic E-state index is 12.8. The van der Waals surface area contributed by atoms with E-state index in [-0.39, 0.29) is 5.78 Å². The lowest BCUT2D eigenvalue weighted by molar-refractivity contribution is -0.121. The van der Waals surface area contributed by atoms with Gasteiger partial charge in [0.15, 0.2) is 5.78 Å². The Morgan fingerprint density at radius 2 is 1.55 bits per heavy atom. The first-order valence-corrected chi connectivity index (χ1v) is 6.82. The lowest BCUT2D eigenvalue weighted by Crippen LogP contribution is -2.26. The Kier molecular flexibility index (Phi) is 3.12. The number of ketones is 1. The zero-order valence-corrected chi connectivity index (χ0v) is 11.1. The van der Waals surface area contributed by atoms with Crippen molar-refractivity contribution in [2.45, 2.75) is 24.2 Å². The molecule has 1 aliphatic rings. The average Bonchev–Trinajstić information content (AvgIpc) is 3.32. The topological polar surface area (TPSA) is 40.9 Å². The Balaban J connectivity index is 1.95. The minimum Gasteiger partial charge on any atom is -0.297 e. The molecule has 0 amide bonds. The molecule has 1 atom stereocenters. The normalized spacial score (nSPS) is 16.9. The fourth-order valence-corrected chi connectivity index (χ4v) is 2.77. The van der Waals surface area contributed by atoms with E-state index in [9.17, 15) is 10.1 Å². The third-order valence-electron chi connectivity index (χ3n) is 4.07. The third kappa shape index (κ3) is 2.02. The van der Waals surface area contributed by atoms with Gasteiger partial charge in [0.1, 0.15) is 5.92 Å². The molecule has 3 rings (SSSR count). The average molecular weight is 261 g/mol. The molecule has 0 N–H and O–H groups in total. The van der Waals surface area contributed by atoms with Crippen LogP contribution in [0.1, 0.15) is 29.9 Å². The predicted molar refractivity (Wildman–Crippen MR) is 77.2 cm³/mol.